The minimum absolute atomic E-state index is 0.0429. The molecule has 4 unspecified atom stereocenters. The van der Waals surface area contributed by atoms with Crippen LogP contribution in [-0.2, 0) is 28.5 Å². The lowest BCUT2D eigenvalue weighted by atomic mass is 10.0. The van der Waals surface area contributed by atoms with Gasteiger partial charge in [-0.05, 0) is 57.2 Å². The van der Waals surface area contributed by atoms with Crippen LogP contribution in [0.2, 0.25) is 0 Å². The van der Waals surface area contributed by atoms with E-state index in [0.717, 1.165) is 36.4 Å². The van der Waals surface area contributed by atoms with Crippen LogP contribution in [0.1, 0.15) is 72.6 Å². The van der Waals surface area contributed by atoms with E-state index in [2.05, 4.69) is 0 Å². The summed E-state index contributed by atoms with van der Waals surface area (Å²) in [5, 5.41) is 37.2. The quantitative estimate of drug-likeness (QED) is 0.118. The number of aromatic carboxylic acids is 3. The van der Waals surface area contributed by atoms with Crippen molar-refractivity contribution < 1.29 is 77.6 Å². The third-order valence-corrected chi connectivity index (χ3v) is 5.84. The van der Waals surface area contributed by atoms with Gasteiger partial charge in [0.2, 0.25) is 0 Å². The van der Waals surface area contributed by atoms with Gasteiger partial charge >= 0.3 is 29.8 Å². The van der Waals surface area contributed by atoms with Crippen molar-refractivity contribution >= 4 is 36.3 Å². The highest BCUT2D eigenvalue weighted by molar-refractivity contribution is 6.04. The normalized spacial score (nSPS) is 13.5. The van der Waals surface area contributed by atoms with Gasteiger partial charge < -0.3 is 48.8 Å². The number of benzene rings is 2. The van der Waals surface area contributed by atoms with Gasteiger partial charge in [0.05, 0.1) is 61.4 Å². The van der Waals surface area contributed by atoms with Gasteiger partial charge in [-0.15, -0.1) is 0 Å². The van der Waals surface area contributed by atoms with E-state index in [1.54, 1.807) is 0 Å². The van der Waals surface area contributed by atoms with Crippen molar-refractivity contribution in [3.8, 4) is 5.75 Å². The van der Waals surface area contributed by atoms with Gasteiger partial charge in [0.25, 0.3) is 6.47 Å². The van der Waals surface area contributed by atoms with Gasteiger partial charge in [0, 0.05) is 0 Å². The van der Waals surface area contributed by atoms with E-state index in [9.17, 15) is 39.0 Å². The number of carboxylic acid groups (broad SMARTS) is 3. The number of aliphatic hydroxyl groups excluding tert-OH is 1. The molecule has 2 rings (SSSR count). The largest absolute Gasteiger partial charge is 0.478 e. The third-order valence-electron chi connectivity index (χ3n) is 5.84. The van der Waals surface area contributed by atoms with Crippen LogP contribution in [0.3, 0.4) is 0 Å². The molecule has 0 fully saturated rings. The molecule has 0 amide bonds. The van der Waals surface area contributed by atoms with E-state index in [1.807, 2.05) is 0 Å². The van der Waals surface area contributed by atoms with E-state index in [4.69, 9.17) is 38.6 Å². The fourth-order valence-electron chi connectivity index (χ4n) is 3.72. The van der Waals surface area contributed by atoms with Crippen molar-refractivity contribution in [2.75, 3.05) is 33.0 Å². The minimum Gasteiger partial charge on any atom is -0.478 e. The molecule has 16 heteroatoms. The highest BCUT2D eigenvalue weighted by Gasteiger charge is 2.23. The highest BCUT2D eigenvalue weighted by atomic mass is 16.6. The van der Waals surface area contributed by atoms with Crippen molar-refractivity contribution in [2.24, 2.45) is 0 Å². The second-order valence-electron chi connectivity index (χ2n) is 9.91. The Labute approximate surface area is 262 Å². The number of aliphatic hydroxyl groups is 1. The van der Waals surface area contributed by atoms with Gasteiger partial charge in [-0.2, -0.15) is 0 Å². The van der Waals surface area contributed by atoms with E-state index < -0.39 is 59.8 Å². The molecule has 2 aromatic carbocycles. The molecule has 250 valence electrons. The maximum absolute atomic E-state index is 12.6. The van der Waals surface area contributed by atoms with Gasteiger partial charge in [-0.25, -0.2) is 24.0 Å². The number of hydrogen-bond donors (Lipinski definition) is 4. The highest BCUT2D eigenvalue weighted by Crippen LogP contribution is 2.22. The molecule has 16 nitrogen and oxygen atoms in total. The lowest BCUT2D eigenvalue weighted by Gasteiger charge is -2.22. The summed E-state index contributed by atoms with van der Waals surface area (Å²) in [6.07, 6.45) is -3.20. The molecular formula is C30H34O16. The average Bonchev–Trinajstić information content (AvgIpc) is 2.99. The molecule has 4 N–H and O–H groups in total. The number of hydrogen-bond acceptors (Lipinski definition) is 13. The van der Waals surface area contributed by atoms with Crippen molar-refractivity contribution in [3.63, 3.8) is 0 Å². The zero-order valence-electron chi connectivity index (χ0n) is 25.1. The number of carboxylic acids is 3. The molecule has 0 spiro atoms. The Morgan fingerprint density at radius 1 is 0.674 bits per heavy atom. The Morgan fingerprint density at radius 2 is 1.17 bits per heavy atom. The van der Waals surface area contributed by atoms with Crippen molar-refractivity contribution in [1.82, 2.24) is 0 Å². The first-order valence-electron chi connectivity index (χ1n) is 13.7. The Kier molecular flexibility index (Phi) is 14.7. The summed E-state index contributed by atoms with van der Waals surface area (Å²) in [6, 6.07) is 6.28. The Bertz CT molecular complexity index is 1400. The number of rotatable bonds is 20. The number of esters is 2. The van der Waals surface area contributed by atoms with E-state index in [-0.39, 0.29) is 67.5 Å². The number of ether oxygens (including phenoxy) is 6. The summed E-state index contributed by atoms with van der Waals surface area (Å²) >= 11 is 0. The summed E-state index contributed by atoms with van der Waals surface area (Å²) in [5.41, 5.74) is -1.57. The van der Waals surface area contributed by atoms with Crippen LogP contribution in [0.25, 0.3) is 0 Å². The van der Waals surface area contributed by atoms with Gasteiger partial charge in [-0.1, -0.05) is 0 Å². The van der Waals surface area contributed by atoms with Crippen molar-refractivity contribution in [1.29, 1.82) is 0 Å². The van der Waals surface area contributed by atoms with Crippen molar-refractivity contribution in [3.05, 3.63) is 64.2 Å². The molecule has 46 heavy (non-hydrogen) atoms. The van der Waals surface area contributed by atoms with Gasteiger partial charge in [0.15, 0.2) is 0 Å². The molecule has 0 aliphatic heterocycles. The van der Waals surface area contributed by atoms with Crippen molar-refractivity contribution in [2.45, 2.75) is 45.2 Å². The molecular weight excluding hydrogens is 616 g/mol. The molecule has 0 radical (unpaired) electrons. The van der Waals surface area contributed by atoms with Crippen LogP contribution < -0.4 is 4.74 Å². The van der Waals surface area contributed by atoms with E-state index in [1.165, 1.54) is 20.8 Å². The van der Waals surface area contributed by atoms with E-state index in [0.29, 0.717) is 0 Å². The zero-order chi connectivity index (χ0) is 34.4. The van der Waals surface area contributed by atoms with Crippen LogP contribution >= 0.6 is 0 Å². The maximum atomic E-state index is 12.6. The predicted octanol–water partition coefficient (Wildman–Crippen LogP) is 1.91. The van der Waals surface area contributed by atoms with Crippen LogP contribution in [0.5, 0.6) is 5.75 Å². The second kappa shape index (κ2) is 18.2. The molecule has 0 bridgehead atoms. The fourth-order valence-corrected chi connectivity index (χ4v) is 3.72. The van der Waals surface area contributed by atoms with Crippen LogP contribution in [0.4, 0.5) is 0 Å². The summed E-state index contributed by atoms with van der Waals surface area (Å²) in [4.78, 5) is 69.8. The molecule has 0 aliphatic carbocycles. The minimum atomic E-state index is -1.51. The van der Waals surface area contributed by atoms with Gasteiger partial charge in [-0.3, -0.25) is 4.79 Å². The lowest BCUT2D eigenvalue weighted by Crippen LogP contribution is -2.32. The standard InChI is InChI=1S/C30H34O16/c1-16(32)10-43-21(13-41-11-17(2)45-29(39)22-6-4-19(26(33)34)8-24(22)28(37)38)14-42-12-18(3)46-30(40)23-7-5-20(27(35)36)9-25(23)44-15-31/h4-9,15-18,21,32H,10-14H2,1-3H3,(H,33,34)(H,35,36)(H,37,38). The van der Waals surface area contributed by atoms with Crippen LogP contribution in [-0.4, -0.2) is 114 Å². The molecule has 0 aromatic heterocycles. The SMILES string of the molecule is CC(O)COC(COCC(C)OC(=O)c1ccc(C(=O)O)cc1OC=O)COCC(C)OC(=O)c1ccc(C(=O)O)cc1C(=O)O. The zero-order valence-corrected chi connectivity index (χ0v) is 25.1. The van der Waals surface area contributed by atoms with E-state index >= 15 is 0 Å². The Hall–Kier alpha value is -4.90. The smallest absolute Gasteiger partial charge is 0.342 e. The average molecular weight is 651 g/mol. The lowest BCUT2D eigenvalue weighted by molar-refractivity contribution is -0.120. The molecule has 0 saturated heterocycles. The Balaban J connectivity index is 1.90. The summed E-state index contributed by atoms with van der Waals surface area (Å²) < 4.78 is 32.0. The summed E-state index contributed by atoms with van der Waals surface area (Å²) in [5.74, 6) is -6.35. The first-order chi connectivity index (χ1) is 21.7. The predicted molar refractivity (Wildman–Crippen MR) is 153 cm³/mol. The monoisotopic (exact) mass is 650 g/mol. The topological polar surface area (TPSA) is 239 Å². The number of carbonyl (C=O) groups excluding carboxylic acids is 3. The molecule has 0 saturated carbocycles. The molecule has 0 heterocycles. The summed E-state index contributed by atoms with van der Waals surface area (Å²) in [7, 11) is 0. The molecule has 4 atom stereocenters. The first-order valence-corrected chi connectivity index (χ1v) is 13.7. The van der Waals surface area contributed by atoms with Crippen LogP contribution in [0.15, 0.2) is 36.4 Å². The molecule has 0 aliphatic rings. The maximum Gasteiger partial charge on any atom is 0.342 e. The second-order valence-corrected chi connectivity index (χ2v) is 9.91. The Morgan fingerprint density at radius 3 is 1.65 bits per heavy atom. The third kappa shape index (κ3) is 11.9. The number of carbonyl (C=O) groups is 6. The first kappa shape index (κ1) is 37.3. The fraction of sp³-hybridized carbons (Fsp3) is 0.400. The molecule has 2 aromatic rings. The van der Waals surface area contributed by atoms with Crippen LogP contribution in [0, 0.1) is 0 Å². The van der Waals surface area contributed by atoms with Gasteiger partial charge in [0.1, 0.15) is 29.6 Å². The summed E-state index contributed by atoms with van der Waals surface area (Å²) in [6.45, 7) is 4.07.